The molecule has 11 heteroatoms. The highest BCUT2D eigenvalue weighted by Gasteiger charge is 2.28. The number of amides is 2. The molecular formula is C22H19F4N3O3S. The summed E-state index contributed by atoms with van der Waals surface area (Å²) in [6.45, 7) is 2.22. The zero-order chi connectivity index (χ0) is 24.2. The fourth-order valence-corrected chi connectivity index (χ4v) is 3.59. The molecule has 2 aromatic carbocycles. The number of halogens is 4. The van der Waals surface area contributed by atoms with Crippen molar-refractivity contribution in [3.8, 4) is 16.3 Å². The van der Waals surface area contributed by atoms with E-state index in [0.29, 0.717) is 17.4 Å². The van der Waals surface area contributed by atoms with E-state index in [4.69, 9.17) is 4.74 Å². The minimum absolute atomic E-state index is 0.0256. The van der Waals surface area contributed by atoms with Crippen LogP contribution >= 0.6 is 11.3 Å². The molecule has 2 N–H and O–H groups in total. The van der Waals surface area contributed by atoms with Crippen LogP contribution in [0.15, 0.2) is 41.8 Å². The summed E-state index contributed by atoms with van der Waals surface area (Å²) in [7, 11) is 0. The Balaban J connectivity index is 1.76. The number of anilines is 1. The first-order valence-electron chi connectivity index (χ1n) is 9.72. The Bertz CT molecular complexity index is 1160. The summed E-state index contributed by atoms with van der Waals surface area (Å²) in [4.78, 5) is 28.9. The SMILES string of the molecule is CCOc1ccc(-c2nc(C(=O)Nc3cc(C(=O)NCC(F)(F)F)cc(F)c3C)cs2)cc1. The molecule has 3 rings (SSSR count). The molecule has 0 saturated carbocycles. The molecule has 3 aromatic rings. The van der Waals surface area contributed by atoms with E-state index < -0.39 is 30.4 Å². The maximum Gasteiger partial charge on any atom is 0.405 e. The molecule has 0 aliphatic rings. The van der Waals surface area contributed by atoms with Crippen LogP contribution in [-0.4, -0.2) is 36.1 Å². The van der Waals surface area contributed by atoms with Crippen LogP contribution in [0.5, 0.6) is 5.75 Å². The highest BCUT2D eigenvalue weighted by molar-refractivity contribution is 7.13. The third-order valence-electron chi connectivity index (χ3n) is 4.45. The number of ether oxygens (including phenoxy) is 1. The second-order valence-electron chi connectivity index (χ2n) is 6.88. The molecule has 0 spiro atoms. The monoisotopic (exact) mass is 481 g/mol. The summed E-state index contributed by atoms with van der Waals surface area (Å²) in [6, 6.07) is 9.08. The third kappa shape index (κ3) is 6.28. The number of rotatable bonds is 7. The first-order valence-corrected chi connectivity index (χ1v) is 10.6. The van der Waals surface area contributed by atoms with Gasteiger partial charge in [0.1, 0.15) is 28.8 Å². The van der Waals surface area contributed by atoms with E-state index in [1.54, 1.807) is 29.6 Å². The number of thiazole rings is 1. The quantitative estimate of drug-likeness (QED) is 0.455. The Kier molecular flexibility index (Phi) is 7.32. The lowest BCUT2D eigenvalue weighted by Gasteiger charge is -2.12. The minimum atomic E-state index is -4.61. The molecule has 0 radical (unpaired) electrons. The van der Waals surface area contributed by atoms with Crippen LogP contribution in [0, 0.1) is 12.7 Å². The van der Waals surface area contributed by atoms with Crippen LogP contribution in [0.1, 0.15) is 33.3 Å². The van der Waals surface area contributed by atoms with E-state index in [1.165, 1.54) is 23.6 Å². The molecule has 0 fully saturated rings. The van der Waals surface area contributed by atoms with Gasteiger partial charge in [-0.1, -0.05) is 0 Å². The molecule has 0 unspecified atom stereocenters. The van der Waals surface area contributed by atoms with Gasteiger partial charge in [0.25, 0.3) is 11.8 Å². The summed E-state index contributed by atoms with van der Waals surface area (Å²) in [5.74, 6) is -1.92. The second-order valence-corrected chi connectivity index (χ2v) is 7.74. The average molecular weight is 481 g/mol. The van der Waals surface area contributed by atoms with E-state index in [9.17, 15) is 27.2 Å². The minimum Gasteiger partial charge on any atom is -0.494 e. The Hall–Kier alpha value is -3.47. The van der Waals surface area contributed by atoms with Crippen molar-refractivity contribution >= 4 is 28.8 Å². The molecule has 1 aromatic heterocycles. The summed E-state index contributed by atoms with van der Waals surface area (Å²) in [6.07, 6.45) is -4.61. The lowest BCUT2D eigenvalue weighted by molar-refractivity contribution is -0.123. The zero-order valence-electron chi connectivity index (χ0n) is 17.5. The lowest BCUT2D eigenvalue weighted by Crippen LogP contribution is -2.33. The van der Waals surface area contributed by atoms with Gasteiger partial charge in [0.15, 0.2) is 0 Å². The predicted octanol–water partition coefficient (Wildman–Crippen LogP) is 5.20. The number of nitrogens with zero attached hydrogens (tertiary/aromatic N) is 1. The number of carbonyl (C=O) groups is 2. The van der Waals surface area contributed by atoms with Crippen LogP contribution in [0.3, 0.4) is 0 Å². The summed E-state index contributed by atoms with van der Waals surface area (Å²) in [5, 5.41) is 6.23. The van der Waals surface area contributed by atoms with Crippen LogP contribution in [-0.2, 0) is 0 Å². The molecule has 174 valence electrons. The second kappa shape index (κ2) is 9.99. The number of hydrogen-bond donors (Lipinski definition) is 2. The van der Waals surface area contributed by atoms with Gasteiger partial charge in [-0.3, -0.25) is 9.59 Å². The fraction of sp³-hybridized carbons (Fsp3) is 0.227. The number of alkyl halides is 3. The molecule has 6 nitrogen and oxygen atoms in total. The molecule has 0 atom stereocenters. The number of hydrogen-bond acceptors (Lipinski definition) is 5. The fourth-order valence-electron chi connectivity index (χ4n) is 2.78. The standard InChI is InChI=1S/C22H19F4N3O3S/c1-3-32-15-6-4-13(5-7-15)21-29-18(10-33-21)20(31)28-17-9-14(8-16(23)12(17)2)19(30)27-11-22(24,25)26/h4-10H,3,11H2,1-2H3,(H,27,30)(H,28,31). The van der Waals surface area contributed by atoms with Crippen molar-refractivity contribution < 1.29 is 31.9 Å². The Morgan fingerprint density at radius 1 is 1.12 bits per heavy atom. The van der Waals surface area contributed by atoms with Crippen molar-refractivity contribution in [2.75, 3.05) is 18.5 Å². The van der Waals surface area contributed by atoms with Gasteiger partial charge in [-0.15, -0.1) is 11.3 Å². The summed E-state index contributed by atoms with van der Waals surface area (Å²) >= 11 is 1.23. The van der Waals surface area contributed by atoms with E-state index in [0.717, 1.165) is 17.7 Å². The van der Waals surface area contributed by atoms with E-state index >= 15 is 0 Å². The van der Waals surface area contributed by atoms with Crippen LogP contribution < -0.4 is 15.4 Å². The molecule has 0 aliphatic carbocycles. The molecule has 2 amide bonds. The van der Waals surface area contributed by atoms with Gasteiger partial charge in [0.05, 0.1) is 6.61 Å². The molecule has 0 bridgehead atoms. The van der Waals surface area contributed by atoms with Gasteiger partial charge < -0.3 is 15.4 Å². The maximum atomic E-state index is 14.3. The van der Waals surface area contributed by atoms with Crippen molar-refractivity contribution in [3.05, 3.63) is 64.4 Å². The average Bonchev–Trinajstić information content (AvgIpc) is 3.26. The van der Waals surface area contributed by atoms with Gasteiger partial charge in [0, 0.05) is 27.8 Å². The predicted molar refractivity (Wildman–Crippen MR) is 116 cm³/mol. The number of benzene rings is 2. The number of carbonyl (C=O) groups excluding carboxylic acids is 2. The Labute approximate surface area is 190 Å². The molecule has 33 heavy (non-hydrogen) atoms. The van der Waals surface area contributed by atoms with Crippen molar-refractivity contribution in [3.63, 3.8) is 0 Å². The molecule has 1 heterocycles. The summed E-state index contributed by atoms with van der Waals surface area (Å²) < 4.78 is 56.7. The first kappa shape index (κ1) is 24.2. The lowest BCUT2D eigenvalue weighted by atomic mass is 10.1. The van der Waals surface area contributed by atoms with E-state index in [2.05, 4.69) is 10.3 Å². The van der Waals surface area contributed by atoms with Gasteiger partial charge in [-0.05, 0) is 50.2 Å². The van der Waals surface area contributed by atoms with Crippen molar-refractivity contribution in [1.29, 1.82) is 0 Å². The van der Waals surface area contributed by atoms with Gasteiger partial charge in [-0.25, -0.2) is 9.37 Å². The molecular weight excluding hydrogens is 462 g/mol. The Morgan fingerprint density at radius 2 is 1.82 bits per heavy atom. The van der Waals surface area contributed by atoms with Gasteiger partial charge in [0.2, 0.25) is 0 Å². The van der Waals surface area contributed by atoms with Crippen LogP contribution in [0.4, 0.5) is 23.2 Å². The van der Waals surface area contributed by atoms with Crippen molar-refractivity contribution in [1.82, 2.24) is 10.3 Å². The highest BCUT2D eigenvalue weighted by atomic mass is 32.1. The summed E-state index contributed by atoms with van der Waals surface area (Å²) in [5.41, 5.74) is 0.458. The van der Waals surface area contributed by atoms with Gasteiger partial charge >= 0.3 is 6.18 Å². The topological polar surface area (TPSA) is 80.3 Å². The normalized spacial score (nSPS) is 11.2. The van der Waals surface area contributed by atoms with Crippen molar-refractivity contribution in [2.45, 2.75) is 20.0 Å². The Morgan fingerprint density at radius 3 is 2.45 bits per heavy atom. The first-order chi connectivity index (χ1) is 15.6. The van der Waals surface area contributed by atoms with Crippen molar-refractivity contribution in [2.24, 2.45) is 0 Å². The van der Waals surface area contributed by atoms with E-state index in [1.807, 2.05) is 6.92 Å². The van der Waals surface area contributed by atoms with Crippen LogP contribution in [0.25, 0.3) is 10.6 Å². The molecule has 0 saturated heterocycles. The largest absolute Gasteiger partial charge is 0.494 e. The molecule has 0 aliphatic heterocycles. The van der Waals surface area contributed by atoms with Gasteiger partial charge in [-0.2, -0.15) is 13.2 Å². The third-order valence-corrected chi connectivity index (χ3v) is 5.34. The number of aromatic nitrogens is 1. The smallest absolute Gasteiger partial charge is 0.405 e. The van der Waals surface area contributed by atoms with Crippen LogP contribution in [0.2, 0.25) is 0 Å². The zero-order valence-corrected chi connectivity index (χ0v) is 18.4. The highest BCUT2D eigenvalue weighted by Crippen LogP contribution is 2.27. The number of nitrogens with one attached hydrogen (secondary N) is 2. The van der Waals surface area contributed by atoms with E-state index in [-0.39, 0.29) is 22.5 Å². The maximum absolute atomic E-state index is 14.3.